The molecular weight excluding hydrogens is 410 g/mol. The number of ketones is 1. The minimum absolute atomic E-state index is 0.0150. The molecule has 0 aliphatic rings. The number of hydrogen-bond acceptors (Lipinski definition) is 4. The first-order valence-corrected chi connectivity index (χ1v) is 11.4. The fourth-order valence-electron chi connectivity index (χ4n) is 3.60. The zero-order valence-corrected chi connectivity index (χ0v) is 20.4. The Morgan fingerprint density at radius 2 is 1.55 bits per heavy atom. The van der Waals surface area contributed by atoms with Gasteiger partial charge in [-0.3, -0.25) is 4.79 Å². The van der Waals surface area contributed by atoms with E-state index in [4.69, 9.17) is 10.2 Å². The van der Waals surface area contributed by atoms with Crippen LogP contribution in [-0.4, -0.2) is 5.78 Å². The molecule has 0 spiro atoms. The average Bonchev–Trinajstić information content (AvgIpc) is 2.84. The first kappa shape index (κ1) is 25.6. The quantitative estimate of drug-likeness (QED) is 0.206. The molecule has 0 saturated heterocycles. The Kier molecular flexibility index (Phi) is 9.17. The number of aryl methyl sites for hydroxylation is 1. The molecule has 3 aromatic carbocycles. The Labute approximate surface area is 196 Å². The topological polar surface area (TPSA) is 73.3 Å². The molecule has 4 aromatic rings. The van der Waals surface area contributed by atoms with Crippen LogP contribution in [0.3, 0.4) is 0 Å². The van der Waals surface area contributed by atoms with Gasteiger partial charge >= 0.3 is 5.63 Å². The SMILES string of the molecule is CC.CC.CC(=O)c1cccc(-c2ccc3c(C)c(Cc4cccc(N)c4)c(=O)oc3c2)c1. The van der Waals surface area contributed by atoms with E-state index in [-0.39, 0.29) is 11.4 Å². The maximum atomic E-state index is 12.7. The maximum absolute atomic E-state index is 12.7. The number of carbonyl (C=O) groups excluding carboxylic acids is 1. The number of Topliss-reactive ketones (excluding diaryl/α,β-unsaturated/α-hetero) is 1. The highest BCUT2D eigenvalue weighted by molar-refractivity contribution is 5.95. The Morgan fingerprint density at radius 1 is 0.879 bits per heavy atom. The molecule has 0 bridgehead atoms. The number of benzene rings is 3. The molecule has 0 radical (unpaired) electrons. The van der Waals surface area contributed by atoms with Crippen molar-refractivity contribution in [3.05, 3.63) is 99.4 Å². The fraction of sp³-hybridized carbons (Fsp3) is 0.241. The van der Waals surface area contributed by atoms with Gasteiger partial charge in [0.05, 0.1) is 0 Å². The standard InChI is InChI=1S/C25H21NO3.2C2H6/c1-15-22-10-9-20(19-7-4-6-18(13-19)16(2)27)14-24(22)29-25(28)23(15)12-17-5-3-8-21(26)11-17;2*1-2/h3-11,13-14H,12,26H2,1-2H3;2*1-2H3. The van der Waals surface area contributed by atoms with E-state index in [0.717, 1.165) is 27.6 Å². The van der Waals surface area contributed by atoms with E-state index >= 15 is 0 Å². The van der Waals surface area contributed by atoms with E-state index < -0.39 is 0 Å². The Morgan fingerprint density at radius 3 is 2.21 bits per heavy atom. The highest BCUT2D eigenvalue weighted by Crippen LogP contribution is 2.28. The number of hydrogen-bond donors (Lipinski definition) is 1. The number of rotatable bonds is 4. The lowest BCUT2D eigenvalue weighted by molar-refractivity contribution is 0.101. The van der Waals surface area contributed by atoms with Crippen LogP contribution in [0.15, 0.2) is 75.9 Å². The van der Waals surface area contributed by atoms with Crippen LogP contribution >= 0.6 is 0 Å². The molecule has 0 saturated carbocycles. The van der Waals surface area contributed by atoms with Crippen LogP contribution in [0.1, 0.15) is 61.7 Å². The molecule has 2 N–H and O–H groups in total. The predicted molar refractivity (Wildman–Crippen MR) is 139 cm³/mol. The molecule has 4 heteroatoms. The summed E-state index contributed by atoms with van der Waals surface area (Å²) >= 11 is 0. The van der Waals surface area contributed by atoms with Crippen molar-refractivity contribution in [1.29, 1.82) is 0 Å². The first-order valence-electron chi connectivity index (χ1n) is 11.4. The van der Waals surface area contributed by atoms with Crippen molar-refractivity contribution in [2.45, 2.75) is 48.0 Å². The van der Waals surface area contributed by atoms with Gasteiger partial charge in [-0.1, -0.05) is 70.2 Å². The minimum Gasteiger partial charge on any atom is -0.422 e. The third-order valence-electron chi connectivity index (χ3n) is 5.22. The summed E-state index contributed by atoms with van der Waals surface area (Å²) in [5, 5.41) is 0.898. The summed E-state index contributed by atoms with van der Waals surface area (Å²) in [6, 6.07) is 20.8. The molecule has 4 rings (SSSR count). The molecule has 0 aliphatic heterocycles. The number of anilines is 1. The van der Waals surface area contributed by atoms with Gasteiger partial charge in [0.2, 0.25) is 0 Å². The normalized spacial score (nSPS) is 10.0. The molecule has 1 heterocycles. The summed E-state index contributed by atoms with van der Waals surface area (Å²) < 4.78 is 5.66. The van der Waals surface area contributed by atoms with E-state index in [1.54, 1.807) is 13.0 Å². The lowest BCUT2D eigenvalue weighted by Crippen LogP contribution is -2.11. The summed E-state index contributed by atoms with van der Waals surface area (Å²) in [6.45, 7) is 11.5. The number of carbonyl (C=O) groups is 1. The highest BCUT2D eigenvalue weighted by Gasteiger charge is 2.13. The van der Waals surface area contributed by atoms with Gasteiger partial charge in [0.25, 0.3) is 0 Å². The third kappa shape index (κ3) is 5.98. The van der Waals surface area contributed by atoms with Gasteiger partial charge in [-0.05, 0) is 60.4 Å². The Balaban J connectivity index is 0.000000914. The van der Waals surface area contributed by atoms with Crippen molar-refractivity contribution < 1.29 is 9.21 Å². The van der Waals surface area contributed by atoms with Crippen LogP contribution in [0, 0.1) is 6.92 Å². The fourth-order valence-corrected chi connectivity index (χ4v) is 3.60. The Bertz CT molecular complexity index is 1300. The van der Waals surface area contributed by atoms with Gasteiger partial charge in [-0.25, -0.2) is 4.79 Å². The lowest BCUT2D eigenvalue weighted by atomic mass is 9.97. The molecule has 0 unspecified atom stereocenters. The number of nitrogens with two attached hydrogens (primary N) is 1. The third-order valence-corrected chi connectivity index (χ3v) is 5.22. The zero-order valence-electron chi connectivity index (χ0n) is 20.4. The predicted octanol–water partition coefficient (Wildman–Crippen LogP) is 7.20. The van der Waals surface area contributed by atoms with Crippen LogP contribution in [0.25, 0.3) is 22.1 Å². The largest absolute Gasteiger partial charge is 0.422 e. The van der Waals surface area contributed by atoms with Gasteiger partial charge in [0, 0.05) is 28.6 Å². The molecule has 0 aliphatic carbocycles. The second kappa shape index (κ2) is 11.8. The van der Waals surface area contributed by atoms with E-state index in [2.05, 4.69) is 0 Å². The zero-order chi connectivity index (χ0) is 24.5. The summed E-state index contributed by atoms with van der Waals surface area (Å²) in [5.74, 6) is 0.0150. The molecule has 172 valence electrons. The lowest BCUT2D eigenvalue weighted by Gasteiger charge is -2.10. The van der Waals surface area contributed by atoms with Crippen LogP contribution in [-0.2, 0) is 6.42 Å². The van der Waals surface area contributed by atoms with Gasteiger partial charge in [0.15, 0.2) is 5.78 Å². The average molecular weight is 444 g/mol. The van der Waals surface area contributed by atoms with Gasteiger partial charge in [-0.2, -0.15) is 0 Å². The molecule has 0 fully saturated rings. The number of nitrogen functional groups attached to an aromatic ring is 1. The van der Waals surface area contributed by atoms with Crippen molar-refractivity contribution in [2.75, 3.05) is 5.73 Å². The maximum Gasteiger partial charge on any atom is 0.340 e. The van der Waals surface area contributed by atoms with Crippen LogP contribution in [0.2, 0.25) is 0 Å². The van der Waals surface area contributed by atoms with Gasteiger partial charge in [-0.15, -0.1) is 0 Å². The molecule has 33 heavy (non-hydrogen) atoms. The molecule has 1 aromatic heterocycles. The second-order valence-corrected chi connectivity index (χ2v) is 7.26. The summed E-state index contributed by atoms with van der Waals surface area (Å²) in [6.07, 6.45) is 0.470. The van der Waals surface area contributed by atoms with E-state index in [1.807, 2.05) is 95.3 Å². The van der Waals surface area contributed by atoms with Crippen molar-refractivity contribution in [3.63, 3.8) is 0 Å². The summed E-state index contributed by atoms with van der Waals surface area (Å²) in [7, 11) is 0. The van der Waals surface area contributed by atoms with Crippen LogP contribution < -0.4 is 11.4 Å². The molecule has 0 amide bonds. The van der Waals surface area contributed by atoms with E-state index in [0.29, 0.717) is 28.8 Å². The second-order valence-electron chi connectivity index (χ2n) is 7.26. The molecule has 0 atom stereocenters. The van der Waals surface area contributed by atoms with Gasteiger partial charge < -0.3 is 10.2 Å². The highest BCUT2D eigenvalue weighted by atomic mass is 16.4. The van der Waals surface area contributed by atoms with Crippen molar-refractivity contribution in [2.24, 2.45) is 0 Å². The van der Waals surface area contributed by atoms with Gasteiger partial charge in [0.1, 0.15) is 5.58 Å². The summed E-state index contributed by atoms with van der Waals surface area (Å²) in [4.78, 5) is 24.4. The summed E-state index contributed by atoms with van der Waals surface area (Å²) in [5.41, 5.74) is 11.7. The smallest absolute Gasteiger partial charge is 0.340 e. The minimum atomic E-state index is -0.341. The Hall–Kier alpha value is -3.66. The molecular formula is C29H33NO3. The van der Waals surface area contributed by atoms with E-state index in [9.17, 15) is 9.59 Å². The van der Waals surface area contributed by atoms with Crippen molar-refractivity contribution in [3.8, 4) is 11.1 Å². The van der Waals surface area contributed by atoms with Crippen LogP contribution in [0.4, 0.5) is 5.69 Å². The van der Waals surface area contributed by atoms with Crippen molar-refractivity contribution >= 4 is 22.4 Å². The van der Waals surface area contributed by atoms with E-state index in [1.165, 1.54) is 0 Å². The monoisotopic (exact) mass is 443 g/mol. The molecule has 4 nitrogen and oxygen atoms in total. The van der Waals surface area contributed by atoms with Crippen molar-refractivity contribution in [1.82, 2.24) is 0 Å². The first-order chi connectivity index (χ1) is 15.9. The number of fused-ring (bicyclic) bond motifs is 1. The van der Waals surface area contributed by atoms with Crippen LogP contribution in [0.5, 0.6) is 0 Å².